The second-order valence-corrected chi connectivity index (χ2v) is 9.36. The topological polar surface area (TPSA) is 0 Å². The molecule has 8 aromatic rings. The van der Waals surface area contributed by atoms with E-state index in [0.29, 0.717) is 0 Å². The summed E-state index contributed by atoms with van der Waals surface area (Å²) in [4.78, 5) is 0. The maximum absolute atomic E-state index is 2.39. The van der Waals surface area contributed by atoms with Gasteiger partial charge in [-0.1, -0.05) is 103 Å². The second-order valence-electron chi connectivity index (χ2n) is 9.36. The first-order chi connectivity index (χ1) is 16.8. The molecule has 0 fully saturated rings. The van der Waals surface area contributed by atoms with Gasteiger partial charge < -0.3 is 0 Å². The smallest absolute Gasteiger partial charge is 0.00262 e. The highest BCUT2D eigenvalue weighted by molar-refractivity contribution is 6.25. The first kappa shape index (κ1) is 18.1. The lowest BCUT2D eigenvalue weighted by atomic mass is 9.87. The molecule has 0 saturated carbocycles. The Morgan fingerprint density at radius 1 is 0.294 bits per heavy atom. The highest BCUT2D eigenvalue weighted by atomic mass is 14.2. The van der Waals surface area contributed by atoms with Crippen molar-refractivity contribution in [3.63, 3.8) is 0 Å². The van der Waals surface area contributed by atoms with Gasteiger partial charge in [0.2, 0.25) is 0 Å². The molecule has 0 radical (unpaired) electrons. The minimum absolute atomic E-state index is 1.28. The zero-order valence-corrected chi connectivity index (χ0v) is 18.5. The SMILES string of the molecule is c1ccc2c(-c3cc4ccc5cccc6ccc(c3)c4c56)c3ccc4ccccc4c3cc2c1. The summed E-state index contributed by atoms with van der Waals surface area (Å²) in [7, 11) is 0. The molecule has 8 rings (SSSR count). The monoisotopic (exact) mass is 428 g/mol. The van der Waals surface area contributed by atoms with Gasteiger partial charge in [0.05, 0.1) is 0 Å². The van der Waals surface area contributed by atoms with E-state index in [1.54, 1.807) is 0 Å². The van der Waals surface area contributed by atoms with Crippen molar-refractivity contribution in [1.29, 1.82) is 0 Å². The van der Waals surface area contributed by atoms with Crippen molar-refractivity contribution in [3.8, 4) is 11.1 Å². The molecule has 0 bridgehead atoms. The fourth-order valence-corrected chi connectivity index (χ4v) is 6.03. The van der Waals surface area contributed by atoms with E-state index >= 15 is 0 Å². The van der Waals surface area contributed by atoms with E-state index in [2.05, 4.69) is 121 Å². The average molecular weight is 429 g/mol. The standard InChI is InChI=1S/C34H20/c1-3-10-28-21(6-1)16-17-30-31(28)20-24-7-2-4-11-29(24)34(30)27-18-25-14-12-22-8-5-9-23-13-15-26(19-27)33(25)32(22)23/h1-20H. The zero-order chi connectivity index (χ0) is 22.2. The maximum atomic E-state index is 2.39. The van der Waals surface area contributed by atoms with Crippen molar-refractivity contribution >= 4 is 64.6 Å². The molecule has 0 nitrogen and oxygen atoms in total. The third kappa shape index (κ3) is 2.37. The van der Waals surface area contributed by atoms with Crippen molar-refractivity contribution in [1.82, 2.24) is 0 Å². The molecule has 156 valence electrons. The average Bonchev–Trinajstić information content (AvgIpc) is 2.90. The number of rotatable bonds is 1. The van der Waals surface area contributed by atoms with Gasteiger partial charge in [-0.25, -0.2) is 0 Å². The number of fused-ring (bicyclic) bond motifs is 4. The van der Waals surface area contributed by atoms with Crippen LogP contribution in [-0.2, 0) is 0 Å². The van der Waals surface area contributed by atoms with E-state index in [1.165, 1.54) is 75.8 Å². The van der Waals surface area contributed by atoms with E-state index < -0.39 is 0 Å². The molecule has 0 aliphatic rings. The summed E-state index contributed by atoms with van der Waals surface area (Å²) >= 11 is 0. The normalized spacial score (nSPS) is 12.1. The Labute approximate surface area is 197 Å². The Kier molecular flexibility index (Phi) is 3.48. The molecule has 8 aromatic carbocycles. The van der Waals surface area contributed by atoms with Crippen LogP contribution in [0.15, 0.2) is 121 Å². The Morgan fingerprint density at radius 2 is 0.853 bits per heavy atom. The van der Waals surface area contributed by atoms with Crippen molar-refractivity contribution in [2.45, 2.75) is 0 Å². The van der Waals surface area contributed by atoms with Crippen molar-refractivity contribution < 1.29 is 0 Å². The third-order valence-corrected chi connectivity index (χ3v) is 7.52. The predicted molar refractivity (Wildman–Crippen MR) is 148 cm³/mol. The molecule has 0 atom stereocenters. The molecule has 0 aromatic heterocycles. The molecular formula is C34H20. The van der Waals surface area contributed by atoms with Crippen LogP contribution in [0.3, 0.4) is 0 Å². The summed E-state index contributed by atoms with van der Waals surface area (Å²) in [6.45, 7) is 0. The maximum Gasteiger partial charge on any atom is -0.00262 e. The Morgan fingerprint density at radius 3 is 1.62 bits per heavy atom. The molecule has 0 aliphatic carbocycles. The highest BCUT2D eigenvalue weighted by Crippen LogP contribution is 2.42. The lowest BCUT2D eigenvalue weighted by Gasteiger charge is -2.16. The molecule has 0 saturated heterocycles. The van der Waals surface area contributed by atoms with Crippen LogP contribution < -0.4 is 0 Å². The summed E-state index contributed by atoms with van der Waals surface area (Å²) in [6, 6.07) is 44.9. The first-order valence-electron chi connectivity index (χ1n) is 11.9. The number of benzene rings is 8. The van der Waals surface area contributed by atoms with Gasteiger partial charge in [0.15, 0.2) is 0 Å². The van der Waals surface area contributed by atoms with Crippen LogP contribution in [0.2, 0.25) is 0 Å². The van der Waals surface area contributed by atoms with Gasteiger partial charge in [0.25, 0.3) is 0 Å². The quantitative estimate of drug-likeness (QED) is 0.180. The zero-order valence-electron chi connectivity index (χ0n) is 18.5. The Bertz CT molecular complexity index is 2000. The molecule has 0 amide bonds. The van der Waals surface area contributed by atoms with Crippen LogP contribution in [0.1, 0.15) is 0 Å². The van der Waals surface area contributed by atoms with E-state index in [-0.39, 0.29) is 0 Å². The molecule has 0 heteroatoms. The summed E-state index contributed by atoms with van der Waals surface area (Å²) in [5.74, 6) is 0. The largest absolute Gasteiger partial charge is 0.0616 e. The second kappa shape index (κ2) is 6.56. The minimum atomic E-state index is 1.28. The van der Waals surface area contributed by atoms with Crippen molar-refractivity contribution in [2.24, 2.45) is 0 Å². The fourth-order valence-electron chi connectivity index (χ4n) is 6.03. The lowest BCUT2D eigenvalue weighted by Crippen LogP contribution is -1.89. The third-order valence-electron chi connectivity index (χ3n) is 7.52. The van der Waals surface area contributed by atoms with Crippen LogP contribution in [0, 0.1) is 0 Å². The van der Waals surface area contributed by atoms with Gasteiger partial charge in [0, 0.05) is 0 Å². The van der Waals surface area contributed by atoms with Gasteiger partial charge in [-0.3, -0.25) is 0 Å². The number of hydrogen-bond donors (Lipinski definition) is 0. The van der Waals surface area contributed by atoms with Gasteiger partial charge in [-0.15, -0.1) is 0 Å². The van der Waals surface area contributed by atoms with E-state index in [1.807, 2.05) is 0 Å². The first-order valence-corrected chi connectivity index (χ1v) is 11.9. The lowest BCUT2D eigenvalue weighted by molar-refractivity contribution is 1.73. The molecule has 0 aliphatic heterocycles. The minimum Gasteiger partial charge on any atom is -0.0616 e. The van der Waals surface area contributed by atoms with E-state index in [9.17, 15) is 0 Å². The van der Waals surface area contributed by atoms with Crippen molar-refractivity contribution in [2.75, 3.05) is 0 Å². The summed E-state index contributed by atoms with van der Waals surface area (Å²) in [5, 5.41) is 15.8. The fraction of sp³-hybridized carbons (Fsp3) is 0. The molecule has 0 spiro atoms. The van der Waals surface area contributed by atoms with E-state index in [4.69, 9.17) is 0 Å². The summed E-state index contributed by atoms with van der Waals surface area (Å²) < 4.78 is 0. The Balaban J connectivity index is 1.56. The van der Waals surface area contributed by atoms with Crippen LogP contribution in [0.25, 0.3) is 75.8 Å². The Hall–Kier alpha value is -4.42. The van der Waals surface area contributed by atoms with Crippen LogP contribution >= 0.6 is 0 Å². The van der Waals surface area contributed by atoms with Gasteiger partial charge in [0.1, 0.15) is 0 Å². The molecular weight excluding hydrogens is 408 g/mol. The van der Waals surface area contributed by atoms with Gasteiger partial charge >= 0.3 is 0 Å². The molecule has 0 unspecified atom stereocenters. The van der Waals surface area contributed by atoms with Gasteiger partial charge in [-0.2, -0.15) is 0 Å². The highest BCUT2D eigenvalue weighted by Gasteiger charge is 2.15. The molecule has 0 heterocycles. The predicted octanol–water partition coefficient (Wildman–Crippen LogP) is 9.71. The van der Waals surface area contributed by atoms with Crippen LogP contribution in [-0.4, -0.2) is 0 Å². The summed E-state index contributed by atoms with van der Waals surface area (Å²) in [6.07, 6.45) is 0. The molecule has 34 heavy (non-hydrogen) atoms. The van der Waals surface area contributed by atoms with Crippen molar-refractivity contribution in [3.05, 3.63) is 121 Å². The van der Waals surface area contributed by atoms with Crippen LogP contribution in [0.5, 0.6) is 0 Å². The van der Waals surface area contributed by atoms with Crippen LogP contribution in [0.4, 0.5) is 0 Å². The molecule has 0 N–H and O–H groups in total. The number of hydrogen-bond acceptors (Lipinski definition) is 0. The summed E-state index contributed by atoms with van der Waals surface area (Å²) in [5.41, 5.74) is 2.60. The van der Waals surface area contributed by atoms with Gasteiger partial charge in [-0.05, 0) is 94.0 Å². The van der Waals surface area contributed by atoms with E-state index in [0.717, 1.165) is 0 Å².